The van der Waals surface area contributed by atoms with E-state index in [9.17, 15) is 9.90 Å². The average molecular weight is 517 g/mol. The van der Waals surface area contributed by atoms with Crippen molar-refractivity contribution in [3.63, 3.8) is 0 Å². The molecule has 0 radical (unpaired) electrons. The molecule has 0 atom stereocenters. The van der Waals surface area contributed by atoms with Crippen molar-refractivity contribution < 1.29 is 9.90 Å². The van der Waals surface area contributed by atoms with Crippen LogP contribution in [0.5, 0.6) is 0 Å². The van der Waals surface area contributed by atoms with E-state index >= 15 is 0 Å². The van der Waals surface area contributed by atoms with Gasteiger partial charge in [0, 0.05) is 68.5 Å². The molecule has 2 aromatic carbocycles. The van der Waals surface area contributed by atoms with E-state index in [1.807, 2.05) is 48.2 Å². The van der Waals surface area contributed by atoms with Gasteiger partial charge in [-0.05, 0) is 74.9 Å². The summed E-state index contributed by atoms with van der Waals surface area (Å²) in [5.41, 5.74) is 5.98. The number of nitrogens with zero attached hydrogens (tertiary/aromatic N) is 4. The second-order valence-corrected chi connectivity index (χ2v) is 10.0. The molecule has 1 aliphatic heterocycles. The number of anilines is 3. The molecule has 0 bridgehead atoms. The van der Waals surface area contributed by atoms with Gasteiger partial charge in [0.05, 0.1) is 0 Å². The van der Waals surface area contributed by atoms with Gasteiger partial charge in [0.15, 0.2) is 0 Å². The Balaban J connectivity index is 1.46. The Bertz CT molecular complexity index is 1180. The lowest BCUT2D eigenvalue weighted by atomic mass is 9.94. The predicted molar refractivity (Wildman–Crippen MR) is 154 cm³/mol. The second-order valence-electron chi connectivity index (χ2n) is 10.0. The van der Waals surface area contributed by atoms with Crippen molar-refractivity contribution >= 4 is 23.1 Å². The van der Waals surface area contributed by atoms with Crippen molar-refractivity contribution in [3.05, 3.63) is 77.2 Å². The fourth-order valence-corrected chi connectivity index (χ4v) is 5.29. The van der Waals surface area contributed by atoms with E-state index < -0.39 is 0 Å². The number of aliphatic hydroxyl groups excluding tert-OH is 1. The molecule has 1 aromatic heterocycles. The number of hydrogen-bond donors (Lipinski definition) is 3. The minimum absolute atomic E-state index is 0.0185. The quantitative estimate of drug-likeness (QED) is 0.347. The molecule has 2 heterocycles. The molecule has 1 fully saturated rings. The summed E-state index contributed by atoms with van der Waals surface area (Å²) in [5, 5.41) is 16.6. The van der Waals surface area contributed by atoms with Crippen LogP contribution in [0.25, 0.3) is 0 Å². The summed E-state index contributed by atoms with van der Waals surface area (Å²) in [6, 6.07) is 14.4. The summed E-state index contributed by atoms with van der Waals surface area (Å²) in [7, 11) is 0. The third kappa shape index (κ3) is 6.81. The molecule has 202 valence electrons. The number of carbonyl (C=O) groups is 1. The van der Waals surface area contributed by atoms with E-state index in [0.29, 0.717) is 32.1 Å². The van der Waals surface area contributed by atoms with Crippen LogP contribution in [-0.4, -0.2) is 71.3 Å². The van der Waals surface area contributed by atoms with Crippen molar-refractivity contribution in [2.24, 2.45) is 0 Å². The standard InChI is InChI=1S/C30H40N6O2/c1-22-20-23(2)29(34-26-11-16-35(17-12-26)27-10-13-31-21-33-27)24(3)28(22)30(38)36(15-7-19-37)18-14-32-25-8-5-4-6-9-25/h4-6,8-10,13,20-21,26,32,34,37H,7,11-12,14-19H2,1-3H3. The van der Waals surface area contributed by atoms with E-state index in [1.165, 1.54) is 0 Å². The minimum Gasteiger partial charge on any atom is -0.396 e. The summed E-state index contributed by atoms with van der Waals surface area (Å²) in [5.74, 6) is 0.990. The van der Waals surface area contributed by atoms with Crippen LogP contribution in [0.2, 0.25) is 0 Å². The van der Waals surface area contributed by atoms with Crippen molar-refractivity contribution in [3.8, 4) is 0 Å². The highest BCUT2D eigenvalue weighted by molar-refractivity contribution is 5.99. The molecule has 3 aromatic rings. The van der Waals surface area contributed by atoms with Crippen molar-refractivity contribution in [1.82, 2.24) is 14.9 Å². The Hall–Kier alpha value is -3.65. The molecular weight excluding hydrogens is 476 g/mol. The van der Waals surface area contributed by atoms with Gasteiger partial charge in [-0.15, -0.1) is 0 Å². The van der Waals surface area contributed by atoms with Crippen LogP contribution in [0.4, 0.5) is 17.2 Å². The molecule has 1 aliphatic rings. The van der Waals surface area contributed by atoms with Gasteiger partial charge in [0.25, 0.3) is 5.91 Å². The number of rotatable bonds is 11. The summed E-state index contributed by atoms with van der Waals surface area (Å²) < 4.78 is 0. The molecule has 38 heavy (non-hydrogen) atoms. The van der Waals surface area contributed by atoms with Crippen LogP contribution >= 0.6 is 0 Å². The third-order valence-corrected chi connectivity index (χ3v) is 7.28. The monoisotopic (exact) mass is 516 g/mol. The SMILES string of the molecule is Cc1cc(C)c(C(=O)N(CCCO)CCNc2ccccc2)c(C)c1NC1CCN(c2ccncn2)CC1. The van der Waals surface area contributed by atoms with Gasteiger partial charge in [-0.1, -0.05) is 24.3 Å². The predicted octanol–water partition coefficient (Wildman–Crippen LogP) is 4.42. The number of para-hydroxylation sites is 1. The summed E-state index contributed by atoms with van der Waals surface area (Å²) in [4.78, 5) is 26.4. The molecule has 0 aliphatic carbocycles. The highest BCUT2D eigenvalue weighted by atomic mass is 16.3. The number of benzene rings is 2. The normalized spacial score (nSPS) is 13.8. The Labute approximate surface area is 226 Å². The fourth-order valence-electron chi connectivity index (χ4n) is 5.29. The van der Waals surface area contributed by atoms with Crippen LogP contribution < -0.4 is 15.5 Å². The number of amides is 1. The van der Waals surface area contributed by atoms with Gasteiger partial charge in [-0.3, -0.25) is 4.79 Å². The van der Waals surface area contributed by atoms with Gasteiger partial charge in [-0.2, -0.15) is 0 Å². The molecule has 0 saturated carbocycles. The van der Waals surface area contributed by atoms with E-state index in [2.05, 4.69) is 45.4 Å². The van der Waals surface area contributed by atoms with Crippen LogP contribution in [-0.2, 0) is 0 Å². The first kappa shape index (κ1) is 27.4. The molecule has 8 nitrogen and oxygen atoms in total. The van der Waals surface area contributed by atoms with Crippen LogP contribution in [0.1, 0.15) is 46.3 Å². The van der Waals surface area contributed by atoms with Gasteiger partial charge in [0.1, 0.15) is 12.1 Å². The Morgan fingerprint density at radius 1 is 1.08 bits per heavy atom. The average Bonchev–Trinajstić information content (AvgIpc) is 2.94. The molecular formula is C30H40N6O2. The first-order valence-electron chi connectivity index (χ1n) is 13.5. The van der Waals surface area contributed by atoms with E-state index in [1.54, 1.807) is 12.5 Å². The lowest BCUT2D eigenvalue weighted by Gasteiger charge is -2.34. The zero-order valence-electron chi connectivity index (χ0n) is 22.8. The summed E-state index contributed by atoms with van der Waals surface area (Å²) in [6.45, 7) is 9.81. The zero-order chi connectivity index (χ0) is 26.9. The third-order valence-electron chi connectivity index (χ3n) is 7.28. The summed E-state index contributed by atoms with van der Waals surface area (Å²) in [6.07, 6.45) is 5.92. The molecule has 8 heteroatoms. The maximum absolute atomic E-state index is 13.9. The largest absolute Gasteiger partial charge is 0.396 e. The van der Waals surface area contributed by atoms with Gasteiger partial charge in [0.2, 0.25) is 0 Å². The first-order chi connectivity index (χ1) is 18.5. The van der Waals surface area contributed by atoms with Gasteiger partial charge in [-0.25, -0.2) is 9.97 Å². The van der Waals surface area contributed by atoms with E-state index in [4.69, 9.17) is 0 Å². The number of aromatic nitrogens is 2. The van der Waals surface area contributed by atoms with Crippen molar-refractivity contribution in [1.29, 1.82) is 0 Å². The number of aryl methyl sites for hydroxylation is 2. The highest BCUT2D eigenvalue weighted by Gasteiger charge is 2.25. The fraction of sp³-hybridized carbons (Fsp3) is 0.433. The molecule has 0 unspecified atom stereocenters. The number of aliphatic hydroxyl groups is 1. The lowest BCUT2D eigenvalue weighted by Crippen LogP contribution is -2.40. The first-order valence-corrected chi connectivity index (χ1v) is 13.5. The topological polar surface area (TPSA) is 93.6 Å². The van der Waals surface area contributed by atoms with Crippen molar-refractivity contribution in [2.45, 2.75) is 46.1 Å². The molecule has 4 rings (SSSR count). The second kappa shape index (κ2) is 13.2. The molecule has 3 N–H and O–H groups in total. The summed E-state index contributed by atoms with van der Waals surface area (Å²) >= 11 is 0. The Morgan fingerprint density at radius 3 is 2.53 bits per heavy atom. The number of carbonyl (C=O) groups excluding carboxylic acids is 1. The number of nitrogens with one attached hydrogen (secondary N) is 2. The van der Waals surface area contributed by atoms with Gasteiger partial charge >= 0.3 is 0 Å². The maximum Gasteiger partial charge on any atom is 0.254 e. The van der Waals surface area contributed by atoms with Gasteiger partial charge < -0.3 is 25.5 Å². The van der Waals surface area contributed by atoms with E-state index in [0.717, 1.165) is 65.4 Å². The van der Waals surface area contributed by atoms with E-state index in [-0.39, 0.29) is 12.5 Å². The lowest BCUT2D eigenvalue weighted by molar-refractivity contribution is 0.0750. The molecule has 0 spiro atoms. The van der Waals surface area contributed by atoms with Crippen LogP contribution in [0, 0.1) is 20.8 Å². The Kier molecular flexibility index (Phi) is 9.54. The molecule has 1 amide bonds. The smallest absolute Gasteiger partial charge is 0.254 e. The highest BCUT2D eigenvalue weighted by Crippen LogP contribution is 2.30. The Morgan fingerprint density at radius 2 is 1.84 bits per heavy atom. The van der Waals surface area contributed by atoms with Crippen LogP contribution in [0.15, 0.2) is 55.0 Å². The number of piperidine rings is 1. The zero-order valence-corrected chi connectivity index (χ0v) is 22.8. The van der Waals surface area contributed by atoms with Crippen LogP contribution in [0.3, 0.4) is 0 Å². The minimum atomic E-state index is 0.0185. The van der Waals surface area contributed by atoms with Crippen molar-refractivity contribution in [2.75, 3.05) is 54.9 Å². The maximum atomic E-state index is 13.9. The number of hydrogen-bond acceptors (Lipinski definition) is 7. The molecule has 1 saturated heterocycles.